The van der Waals surface area contributed by atoms with Crippen LogP contribution in [0.4, 0.5) is 11.6 Å². The summed E-state index contributed by atoms with van der Waals surface area (Å²) < 4.78 is 4.94. The Kier molecular flexibility index (Phi) is 5.58. The number of benzene rings is 1. The Labute approximate surface area is 151 Å². The lowest BCUT2D eigenvalue weighted by molar-refractivity contribution is 0.102. The number of hydrogen-bond acceptors (Lipinski definition) is 6. The molecule has 1 aromatic carbocycles. The van der Waals surface area contributed by atoms with Crippen molar-refractivity contribution in [2.75, 3.05) is 17.2 Å². The minimum atomic E-state index is -0.351. The highest BCUT2D eigenvalue weighted by molar-refractivity contribution is 6.02. The molecule has 7 heteroatoms. The Hall–Kier alpha value is -3.22. The van der Waals surface area contributed by atoms with Gasteiger partial charge in [-0.2, -0.15) is 0 Å². The number of rotatable bonds is 7. The van der Waals surface area contributed by atoms with Gasteiger partial charge in [-0.05, 0) is 32.3 Å². The van der Waals surface area contributed by atoms with Crippen molar-refractivity contribution < 1.29 is 9.32 Å². The second kappa shape index (κ2) is 8.24. The van der Waals surface area contributed by atoms with Gasteiger partial charge in [-0.15, -0.1) is 0 Å². The predicted molar refractivity (Wildman–Crippen MR) is 99.2 cm³/mol. The first kappa shape index (κ1) is 17.6. The summed E-state index contributed by atoms with van der Waals surface area (Å²) in [6.07, 6.45) is 1.95. The second-order valence-electron chi connectivity index (χ2n) is 5.98. The summed E-state index contributed by atoms with van der Waals surface area (Å²) in [4.78, 5) is 20.9. The van der Waals surface area contributed by atoms with Crippen molar-refractivity contribution in [1.82, 2.24) is 15.1 Å². The van der Waals surface area contributed by atoms with E-state index in [0.29, 0.717) is 23.2 Å². The van der Waals surface area contributed by atoms with Crippen molar-refractivity contribution in [3.8, 4) is 0 Å². The lowest BCUT2D eigenvalue weighted by Crippen LogP contribution is -2.16. The molecule has 0 unspecified atom stereocenters. The number of nitrogens with one attached hydrogen (secondary N) is 2. The monoisotopic (exact) mass is 351 g/mol. The third-order valence-corrected chi connectivity index (χ3v) is 3.73. The van der Waals surface area contributed by atoms with Gasteiger partial charge in [-0.1, -0.05) is 35.5 Å². The lowest BCUT2D eigenvalue weighted by atomic mass is 10.1. The van der Waals surface area contributed by atoms with Gasteiger partial charge in [-0.25, -0.2) is 9.97 Å². The lowest BCUT2D eigenvalue weighted by Gasteiger charge is -2.08. The number of aryl methyl sites for hydroxylation is 3. The average molecular weight is 351 g/mol. The number of anilines is 2. The standard InChI is InChI=1S/C19H21N5O2/c1-13-11-18(24-26-13)23-19(25)16-12-17(22-14(2)21-16)20-10-6-9-15-7-4-3-5-8-15/h3-5,7-8,11-12H,6,9-10H2,1-2H3,(H,20,21,22)(H,23,24,25). The highest BCUT2D eigenvalue weighted by Gasteiger charge is 2.12. The van der Waals surface area contributed by atoms with Gasteiger partial charge in [0.05, 0.1) is 0 Å². The zero-order chi connectivity index (χ0) is 18.4. The van der Waals surface area contributed by atoms with Gasteiger partial charge in [0.1, 0.15) is 23.1 Å². The van der Waals surface area contributed by atoms with Gasteiger partial charge in [0.15, 0.2) is 5.82 Å². The van der Waals surface area contributed by atoms with Crippen LogP contribution in [0.5, 0.6) is 0 Å². The van der Waals surface area contributed by atoms with Gasteiger partial charge in [0.25, 0.3) is 5.91 Å². The number of amides is 1. The molecule has 0 fully saturated rings. The molecule has 0 aliphatic carbocycles. The highest BCUT2D eigenvalue weighted by Crippen LogP contribution is 2.12. The molecule has 0 spiro atoms. The van der Waals surface area contributed by atoms with Gasteiger partial charge >= 0.3 is 0 Å². The fourth-order valence-corrected chi connectivity index (χ4v) is 2.53. The highest BCUT2D eigenvalue weighted by atomic mass is 16.5. The first-order chi connectivity index (χ1) is 12.6. The van der Waals surface area contributed by atoms with E-state index in [1.165, 1.54) is 5.56 Å². The van der Waals surface area contributed by atoms with E-state index in [-0.39, 0.29) is 11.6 Å². The number of carbonyl (C=O) groups is 1. The SMILES string of the molecule is Cc1nc(NCCCc2ccccc2)cc(C(=O)Nc2cc(C)on2)n1. The van der Waals surface area contributed by atoms with Crippen molar-refractivity contribution >= 4 is 17.5 Å². The molecule has 0 radical (unpaired) electrons. The topological polar surface area (TPSA) is 92.9 Å². The molecule has 0 bridgehead atoms. The molecule has 0 saturated heterocycles. The van der Waals surface area contributed by atoms with Crippen LogP contribution in [0.3, 0.4) is 0 Å². The smallest absolute Gasteiger partial charge is 0.275 e. The summed E-state index contributed by atoms with van der Waals surface area (Å²) in [5, 5.41) is 9.66. The van der Waals surface area contributed by atoms with Crippen LogP contribution in [-0.2, 0) is 6.42 Å². The fourth-order valence-electron chi connectivity index (χ4n) is 2.53. The molecule has 0 atom stereocenters. The average Bonchev–Trinajstić information content (AvgIpc) is 3.04. The van der Waals surface area contributed by atoms with Crippen molar-refractivity contribution in [2.24, 2.45) is 0 Å². The van der Waals surface area contributed by atoms with Crippen molar-refractivity contribution in [2.45, 2.75) is 26.7 Å². The minimum Gasteiger partial charge on any atom is -0.370 e. The molecule has 26 heavy (non-hydrogen) atoms. The van der Waals surface area contributed by atoms with Crippen LogP contribution < -0.4 is 10.6 Å². The van der Waals surface area contributed by atoms with Crippen LogP contribution in [0, 0.1) is 13.8 Å². The first-order valence-corrected chi connectivity index (χ1v) is 8.48. The Morgan fingerprint density at radius 1 is 1.08 bits per heavy atom. The van der Waals surface area contributed by atoms with Gasteiger partial charge in [0, 0.05) is 18.7 Å². The van der Waals surface area contributed by atoms with Crippen LogP contribution in [0.2, 0.25) is 0 Å². The maximum Gasteiger partial charge on any atom is 0.275 e. The molecular formula is C19H21N5O2. The number of aromatic nitrogens is 3. The Balaban J connectivity index is 1.57. The van der Waals surface area contributed by atoms with E-state index < -0.39 is 0 Å². The molecule has 1 amide bonds. The summed E-state index contributed by atoms with van der Waals surface area (Å²) >= 11 is 0. The van der Waals surface area contributed by atoms with Gasteiger partial charge in [0.2, 0.25) is 0 Å². The molecule has 0 aliphatic rings. The van der Waals surface area contributed by atoms with Gasteiger partial charge < -0.3 is 15.2 Å². The Morgan fingerprint density at radius 2 is 1.88 bits per heavy atom. The number of nitrogens with zero attached hydrogens (tertiary/aromatic N) is 3. The predicted octanol–water partition coefficient (Wildman–Crippen LogP) is 3.38. The van der Waals surface area contributed by atoms with E-state index in [9.17, 15) is 4.79 Å². The van der Waals surface area contributed by atoms with Crippen LogP contribution in [-0.4, -0.2) is 27.6 Å². The molecule has 134 valence electrons. The Morgan fingerprint density at radius 3 is 2.62 bits per heavy atom. The van der Waals surface area contributed by atoms with E-state index in [2.05, 4.69) is 37.9 Å². The zero-order valence-corrected chi connectivity index (χ0v) is 14.8. The summed E-state index contributed by atoms with van der Waals surface area (Å²) in [5.74, 6) is 1.80. The number of hydrogen-bond donors (Lipinski definition) is 2. The maximum absolute atomic E-state index is 12.3. The Bertz CT molecular complexity index is 877. The quantitative estimate of drug-likeness (QED) is 0.634. The normalized spacial score (nSPS) is 10.5. The van der Waals surface area contributed by atoms with Crippen LogP contribution in [0.15, 0.2) is 47.0 Å². The van der Waals surface area contributed by atoms with E-state index in [0.717, 1.165) is 19.4 Å². The van der Waals surface area contributed by atoms with E-state index in [1.54, 1.807) is 26.0 Å². The largest absolute Gasteiger partial charge is 0.370 e. The molecule has 2 heterocycles. The first-order valence-electron chi connectivity index (χ1n) is 8.48. The second-order valence-corrected chi connectivity index (χ2v) is 5.98. The van der Waals surface area contributed by atoms with Crippen molar-refractivity contribution in [3.63, 3.8) is 0 Å². The fraction of sp³-hybridized carbons (Fsp3) is 0.263. The zero-order valence-electron chi connectivity index (χ0n) is 14.8. The van der Waals surface area contributed by atoms with E-state index in [1.807, 2.05) is 18.2 Å². The van der Waals surface area contributed by atoms with Gasteiger partial charge in [-0.3, -0.25) is 4.79 Å². The van der Waals surface area contributed by atoms with Crippen molar-refractivity contribution in [3.05, 3.63) is 65.3 Å². The molecule has 0 saturated carbocycles. The van der Waals surface area contributed by atoms with Crippen LogP contribution in [0.1, 0.15) is 34.1 Å². The number of carbonyl (C=O) groups excluding carboxylic acids is 1. The maximum atomic E-state index is 12.3. The van der Waals surface area contributed by atoms with Crippen molar-refractivity contribution in [1.29, 1.82) is 0 Å². The van der Waals surface area contributed by atoms with Crippen LogP contribution in [0.25, 0.3) is 0 Å². The summed E-state index contributed by atoms with van der Waals surface area (Å²) in [6, 6.07) is 13.6. The third kappa shape index (κ3) is 4.89. The summed E-state index contributed by atoms with van der Waals surface area (Å²) in [5.41, 5.74) is 1.58. The molecule has 2 N–H and O–H groups in total. The summed E-state index contributed by atoms with van der Waals surface area (Å²) in [7, 11) is 0. The van der Waals surface area contributed by atoms with E-state index in [4.69, 9.17) is 4.52 Å². The molecule has 3 rings (SSSR count). The minimum absolute atomic E-state index is 0.281. The molecule has 7 nitrogen and oxygen atoms in total. The van der Waals surface area contributed by atoms with E-state index >= 15 is 0 Å². The summed E-state index contributed by atoms with van der Waals surface area (Å²) in [6.45, 7) is 4.27. The molecule has 3 aromatic rings. The third-order valence-electron chi connectivity index (χ3n) is 3.73. The van der Waals surface area contributed by atoms with Crippen LogP contribution >= 0.6 is 0 Å². The molecule has 0 aliphatic heterocycles. The molecular weight excluding hydrogens is 330 g/mol. The molecule has 2 aromatic heterocycles.